The van der Waals surface area contributed by atoms with Crippen molar-refractivity contribution < 1.29 is 23.7 Å². The van der Waals surface area contributed by atoms with Gasteiger partial charge < -0.3 is 4.52 Å². The van der Waals surface area contributed by atoms with Crippen LogP contribution in [0.4, 0.5) is 0 Å². The molecule has 0 amide bonds. The predicted molar refractivity (Wildman–Crippen MR) is 88.7 cm³/mol. The molecule has 2 N–H and O–H groups in total. The summed E-state index contributed by atoms with van der Waals surface area (Å²) >= 11 is 0. The quantitative estimate of drug-likeness (QED) is 0.797. The van der Waals surface area contributed by atoms with Crippen molar-refractivity contribution in [3.05, 3.63) is 29.3 Å². The van der Waals surface area contributed by atoms with Crippen LogP contribution in [0.15, 0.2) is 18.2 Å². The Kier molecular flexibility index (Phi) is 3.68. The normalized spacial score (nSPS) is 35.1. The zero-order chi connectivity index (χ0) is 17.1. The number of aryl methyl sites for hydroxylation is 1. The maximum Gasteiger partial charge on any atom is 0.524 e. The minimum Gasteiger partial charge on any atom is -0.404 e. The highest BCUT2D eigenvalue weighted by Crippen LogP contribution is 2.59. The molecule has 2 fully saturated rings. The van der Waals surface area contributed by atoms with Crippen molar-refractivity contribution in [3.63, 3.8) is 0 Å². The average Bonchev–Trinajstić information content (AvgIpc) is 2.81. The lowest BCUT2D eigenvalue weighted by Gasteiger charge is -2.48. The van der Waals surface area contributed by atoms with Gasteiger partial charge in [-0.25, -0.2) is 4.57 Å². The van der Waals surface area contributed by atoms with Crippen LogP contribution < -0.4 is 4.52 Å². The topological polar surface area (TPSA) is 83.8 Å². The fourth-order valence-electron chi connectivity index (χ4n) is 5.52. The van der Waals surface area contributed by atoms with Crippen molar-refractivity contribution in [1.29, 1.82) is 0 Å². The largest absolute Gasteiger partial charge is 0.524 e. The minimum atomic E-state index is -4.52. The van der Waals surface area contributed by atoms with Crippen molar-refractivity contribution in [3.8, 4) is 5.75 Å². The second kappa shape index (κ2) is 5.42. The molecule has 130 valence electrons. The van der Waals surface area contributed by atoms with E-state index < -0.39 is 7.82 Å². The fourth-order valence-corrected chi connectivity index (χ4v) is 5.91. The summed E-state index contributed by atoms with van der Waals surface area (Å²) < 4.78 is 15.8. The third-order valence-corrected chi connectivity index (χ3v) is 7.08. The van der Waals surface area contributed by atoms with E-state index in [2.05, 4.69) is 6.92 Å². The summed E-state index contributed by atoms with van der Waals surface area (Å²) in [6, 6.07) is 5.41. The molecule has 0 aliphatic heterocycles. The molecule has 3 aliphatic carbocycles. The van der Waals surface area contributed by atoms with E-state index in [1.807, 2.05) is 6.07 Å². The molecule has 0 unspecified atom stereocenters. The van der Waals surface area contributed by atoms with Gasteiger partial charge in [0, 0.05) is 11.8 Å². The Morgan fingerprint density at radius 3 is 2.75 bits per heavy atom. The van der Waals surface area contributed by atoms with Gasteiger partial charge in [-0.2, -0.15) is 0 Å². The molecule has 1 aromatic rings. The lowest BCUT2D eigenvalue weighted by molar-refractivity contribution is -0.129. The van der Waals surface area contributed by atoms with Gasteiger partial charge in [0.05, 0.1) is 0 Å². The molecule has 1 aromatic carbocycles. The van der Waals surface area contributed by atoms with E-state index in [9.17, 15) is 9.36 Å². The number of ketones is 1. The third kappa shape index (κ3) is 2.54. The molecular formula is C18H23O5P. The number of phosphoric ester groups is 1. The van der Waals surface area contributed by atoms with E-state index in [0.717, 1.165) is 44.1 Å². The number of benzene rings is 1. The van der Waals surface area contributed by atoms with Gasteiger partial charge in [0.15, 0.2) is 0 Å². The Morgan fingerprint density at radius 2 is 2.00 bits per heavy atom. The number of hydrogen-bond acceptors (Lipinski definition) is 3. The van der Waals surface area contributed by atoms with Crippen molar-refractivity contribution >= 4 is 13.6 Å². The summed E-state index contributed by atoms with van der Waals surface area (Å²) in [7, 11) is -4.52. The fraction of sp³-hybridized carbons (Fsp3) is 0.611. The van der Waals surface area contributed by atoms with Crippen LogP contribution in [0.5, 0.6) is 5.75 Å². The van der Waals surface area contributed by atoms with Gasteiger partial charge in [-0.3, -0.25) is 14.6 Å². The van der Waals surface area contributed by atoms with Crippen LogP contribution in [-0.2, 0) is 15.8 Å². The zero-order valence-corrected chi connectivity index (χ0v) is 14.7. The lowest BCUT2D eigenvalue weighted by atomic mass is 9.55. The molecule has 3 aliphatic rings. The van der Waals surface area contributed by atoms with Crippen LogP contribution in [-0.4, -0.2) is 15.6 Å². The number of hydrogen-bond donors (Lipinski definition) is 2. The number of fused-ring (bicyclic) bond motifs is 5. The molecule has 4 rings (SSSR count). The molecule has 0 radical (unpaired) electrons. The Hall–Kier alpha value is -1.16. The monoisotopic (exact) mass is 350 g/mol. The molecule has 5 nitrogen and oxygen atoms in total. The van der Waals surface area contributed by atoms with E-state index in [-0.39, 0.29) is 11.2 Å². The Morgan fingerprint density at radius 1 is 1.21 bits per heavy atom. The third-order valence-electron chi connectivity index (χ3n) is 6.63. The summed E-state index contributed by atoms with van der Waals surface area (Å²) in [5, 5.41) is 0. The van der Waals surface area contributed by atoms with Crippen molar-refractivity contribution in [1.82, 2.24) is 0 Å². The molecule has 4 atom stereocenters. The maximum absolute atomic E-state index is 12.3. The van der Waals surface area contributed by atoms with Crippen molar-refractivity contribution in [2.24, 2.45) is 17.3 Å². The van der Waals surface area contributed by atoms with E-state index in [4.69, 9.17) is 14.3 Å². The smallest absolute Gasteiger partial charge is 0.404 e. The molecular weight excluding hydrogens is 327 g/mol. The first-order chi connectivity index (χ1) is 11.3. The molecule has 24 heavy (non-hydrogen) atoms. The van der Waals surface area contributed by atoms with Gasteiger partial charge in [-0.15, -0.1) is 0 Å². The Balaban J connectivity index is 1.64. The van der Waals surface area contributed by atoms with Crippen LogP contribution in [0.3, 0.4) is 0 Å². The number of Topliss-reactive ketones (excluding diaryl/α,β-unsaturated/α-hetero) is 1. The number of rotatable bonds is 2. The predicted octanol–water partition coefficient (Wildman–Crippen LogP) is 3.58. The van der Waals surface area contributed by atoms with Gasteiger partial charge in [-0.1, -0.05) is 13.0 Å². The molecule has 0 aromatic heterocycles. The van der Waals surface area contributed by atoms with Crippen molar-refractivity contribution in [2.45, 2.75) is 51.4 Å². The minimum absolute atomic E-state index is 0.123. The summed E-state index contributed by atoms with van der Waals surface area (Å²) in [5.74, 6) is 2.18. The van der Waals surface area contributed by atoms with Crippen LogP contribution in [0, 0.1) is 17.3 Å². The molecule has 6 heteroatoms. The molecule has 2 saturated carbocycles. The second-order valence-corrected chi connectivity index (χ2v) is 8.94. The maximum atomic E-state index is 12.3. The SMILES string of the molecule is C[C@]12CC[C@@H]3c4ccc(OP(=O)(O)O)cc4CC[C@@H]3[C@@H]1CCC2=O. The van der Waals surface area contributed by atoms with Gasteiger partial charge in [-0.05, 0) is 73.1 Å². The highest BCUT2D eigenvalue weighted by Gasteiger charge is 2.54. The zero-order valence-electron chi connectivity index (χ0n) is 13.8. The number of carbonyl (C=O) groups excluding carboxylic acids is 1. The average molecular weight is 350 g/mol. The summed E-state index contributed by atoms with van der Waals surface area (Å²) in [5.41, 5.74) is 2.29. The number of phosphoric acid groups is 1. The van der Waals surface area contributed by atoms with Gasteiger partial charge >= 0.3 is 7.82 Å². The molecule has 0 saturated heterocycles. The highest BCUT2D eigenvalue weighted by molar-refractivity contribution is 7.46. The van der Waals surface area contributed by atoms with Gasteiger partial charge in [0.1, 0.15) is 11.5 Å². The van der Waals surface area contributed by atoms with E-state index in [1.165, 1.54) is 5.56 Å². The summed E-state index contributed by atoms with van der Waals surface area (Å²) in [4.78, 5) is 30.3. The molecule has 0 spiro atoms. The highest BCUT2D eigenvalue weighted by atomic mass is 31.2. The Labute approximate surface area is 141 Å². The Bertz CT molecular complexity index is 739. The second-order valence-electron chi connectivity index (χ2n) is 7.78. The van der Waals surface area contributed by atoms with Crippen LogP contribution >= 0.6 is 7.82 Å². The van der Waals surface area contributed by atoms with Gasteiger partial charge in [0.2, 0.25) is 0 Å². The first kappa shape index (κ1) is 16.3. The van der Waals surface area contributed by atoms with Crippen LogP contribution in [0.25, 0.3) is 0 Å². The van der Waals surface area contributed by atoms with E-state index in [0.29, 0.717) is 23.5 Å². The van der Waals surface area contributed by atoms with Gasteiger partial charge in [0.25, 0.3) is 0 Å². The summed E-state index contributed by atoms with van der Waals surface area (Å²) in [6.45, 7) is 2.16. The molecule has 0 heterocycles. The van der Waals surface area contributed by atoms with Crippen LogP contribution in [0.2, 0.25) is 0 Å². The standard InChI is InChI=1S/C18H23O5P/c1-18-9-8-14-13-5-3-12(23-24(20,21)22)10-11(13)2-4-15(14)16(18)6-7-17(18)19/h3,5,10,14-16H,2,4,6-9H2,1H3,(H2,20,21,22)/t14-,15+,16+,18+/m1/s1. The van der Waals surface area contributed by atoms with E-state index in [1.54, 1.807) is 12.1 Å². The number of carbonyl (C=O) groups is 1. The first-order valence-corrected chi connectivity index (χ1v) is 10.2. The summed E-state index contributed by atoms with van der Waals surface area (Å²) in [6.07, 6.45) is 5.66. The van der Waals surface area contributed by atoms with Crippen molar-refractivity contribution in [2.75, 3.05) is 0 Å². The van der Waals surface area contributed by atoms with Crippen LogP contribution in [0.1, 0.15) is 56.1 Å². The van der Waals surface area contributed by atoms with E-state index >= 15 is 0 Å². The first-order valence-electron chi connectivity index (χ1n) is 8.69. The lowest BCUT2D eigenvalue weighted by Crippen LogP contribution is -2.42. The molecule has 0 bridgehead atoms.